The van der Waals surface area contributed by atoms with Crippen LogP contribution in [0.25, 0.3) is 0 Å². The lowest BCUT2D eigenvalue weighted by Crippen LogP contribution is -2.30. The van der Waals surface area contributed by atoms with Gasteiger partial charge in [-0.25, -0.2) is 4.79 Å². The van der Waals surface area contributed by atoms with Crippen LogP contribution in [0.3, 0.4) is 0 Å². The third-order valence-electron chi connectivity index (χ3n) is 4.02. The average Bonchev–Trinajstić information content (AvgIpc) is 2.62. The van der Waals surface area contributed by atoms with Gasteiger partial charge in [-0.1, -0.05) is 50.2 Å². The van der Waals surface area contributed by atoms with Gasteiger partial charge >= 0.3 is 5.97 Å². The first kappa shape index (κ1) is 17.7. The molecule has 0 bridgehead atoms. The lowest BCUT2D eigenvalue weighted by Gasteiger charge is -2.18. The number of ether oxygens (including phenoxy) is 1. The molecule has 0 fully saturated rings. The first-order valence-electron chi connectivity index (χ1n) is 8.18. The molecule has 2 aromatic rings. The van der Waals surface area contributed by atoms with Crippen molar-refractivity contribution in [3.8, 4) is 0 Å². The molecule has 0 aromatic heterocycles. The van der Waals surface area contributed by atoms with Crippen LogP contribution in [0, 0.1) is 0 Å². The van der Waals surface area contributed by atoms with Gasteiger partial charge in [-0.3, -0.25) is 4.79 Å². The zero-order valence-corrected chi connectivity index (χ0v) is 14.3. The molecule has 4 heteroatoms. The van der Waals surface area contributed by atoms with Crippen LogP contribution >= 0.6 is 0 Å². The smallest absolute Gasteiger partial charge is 0.338 e. The highest BCUT2D eigenvalue weighted by atomic mass is 16.5. The lowest BCUT2D eigenvalue weighted by atomic mass is 9.97. The van der Waals surface area contributed by atoms with Crippen LogP contribution in [0.5, 0.6) is 0 Å². The zero-order valence-electron chi connectivity index (χ0n) is 14.3. The maximum absolute atomic E-state index is 12.4. The summed E-state index contributed by atoms with van der Waals surface area (Å²) >= 11 is 0. The van der Waals surface area contributed by atoms with E-state index in [1.807, 2.05) is 30.3 Å². The Morgan fingerprint density at radius 2 is 1.62 bits per heavy atom. The second-order valence-corrected chi connectivity index (χ2v) is 5.80. The first-order valence-corrected chi connectivity index (χ1v) is 8.18. The van der Waals surface area contributed by atoms with Crippen LogP contribution in [0.15, 0.2) is 54.6 Å². The minimum absolute atomic E-state index is 0.337. The number of hydrogen-bond donors (Lipinski definition) is 1. The molecule has 2 atom stereocenters. The van der Waals surface area contributed by atoms with E-state index in [4.69, 9.17) is 4.74 Å². The predicted molar refractivity (Wildman–Crippen MR) is 95.1 cm³/mol. The van der Waals surface area contributed by atoms with Gasteiger partial charge in [0, 0.05) is 5.69 Å². The summed E-state index contributed by atoms with van der Waals surface area (Å²) in [5.41, 5.74) is 2.27. The SMILES string of the molecule is CC[C@@H](C)c1ccccc1NC(=O)[C@H](C)OC(=O)c1ccccc1. The Labute approximate surface area is 142 Å². The Bertz CT molecular complexity index is 697. The maximum atomic E-state index is 12.4. The second kappa shape index (κ2) is 8.29. The molecule has 0 aliphatic heterocycles. The minimum atomic E-state index is -0.873. The van der Waals surface area contributed by atoms with E-state index < -0.39 is 12.1 Å². The van der Waals surface area contributed by atoms with E-state index in [-0.39, 0.29) is 5.91 Å². The largest absolute Gasteiger partial charge is 0.449 e. The summed E-state index contributed by atoms with van der Waals surface area (Å²) in [5, 5.41) is 2.87. The highest BCUT2D eigenvalue weighted by Gasteiger charge is 2.20. The number of carbonyl (C=O) groups excluding carboxylic acids is 2. The van der Waals surface area contributed by atoms with Crippen LogP contribution in [-0.2, 0) is 9.53 Å². The number of para-hydroxylation sites is 1. The van der Waals surface area contributed by atoms with Gasteiger partial charge < -0.3 is 10.1 Å². The van der Waals surface area contributed by atoms with Crippen molar-refractivity contribution in [2.45, 2.75) is 39.2 Å². The third-order valence-corrected chi connectivity index (χ3v) is 4.02. The van der Waals surface area contributed by atoms with Crippen molar-refractivity contribution in [1.29, 1.82) is 0 Å². The summed E-state index contributed by atoms with van der Waals surface area (Å²) in [5.74, 6) is -0.507. The van der Waals surface area contributed by atoms with Crippen molar-refractivity contribution in [1.82, 2.24) is 0 Å². The quantitative estimate of drug-likeness (QED) is 0.802. The summed E-state index contributed by atoms with van der Waals surface area (Å²) < 4.78 is 5.25. The van der Waals surface area contributed by atoms with E-state index >= 15 is 0 Å². The highest BCUT2D eigenvalue weighted by molar-refractivity contribution is 5.97. The van der Waals surface area contributed by atoms with Crippen molar-refractivity contribution in [3.05, 3.63) is 65.7 Å². The van der Waals surface area contributed by atoms with Gasteiger partial charge in [0.05, 0.1) is 5.56 Å². The fourth-order valence-electron chi connectivity index (χ4n) is 2.35. The Morgan fingerprint density at radius 3 is 2.29 bits per heavy atom. The van der Waals surface area contributed by atoms with Crippen molar-refractivity contribution < 1.29 is 14.3 Å². The number of anilines is 1. The molecule has 2 aromatic carbocycles. The Morgan fingerprint density at radius 1 is 1.00 bits per heavy atom. The third kappa shape index (κ3) is 4.44. The normalized spacial score (nSPS) is 13.0. The molecule has 0 aliphatic carbocycles. The van der Waals surface area contributed by atoms with E-state index in [1.165, 1.54) is 0 Å². The summed E-state index contributed by atoms with van der Waals surface area (Å²) in [6, 6.07) is 16.3. The molecule has 0 spiro atoms. The summed E-state index contributed by atoms with van der Waals surface area (Å²) in [6.45, 7) is 5.79. The summed E-state index contributed by atoms with van der Waals surface area (Å²) in [7, 11) is 0. The number of carbonyl (C=O) groups is 2. The van der Waals surface area contributed by atoms with E-state index in [0.717, 1.165) is 17.7 Å². The molecular formula is C20H23NO3. The standard InChI is InChI=1S/C20H23NO3/c1-4-14(2)17-12-8-9-13-18(17)21-19(22)15(3)24-20(23)16-10-6-5-7-11-16/h5-15H,4H2,1-3H3,(H,21,22)/t14-,15+/m1/s1. The zero-order chi connectivity index (χ0) is 17.5. The number of rotatable bonds is 6. The van der Waals surface area contributed by atoms with Crippen molar-refractivity contribution in [2.24, 2.45) is 0 Å². The van der Waals surface area contributed by atoms with Crippen LogP contribution in [0.4, 0.5) is 5.69 Å². The summed E-state index contributed by atoms with van der Waals surface area (Å²) in [4.78, 5) is 24.4. The molecule has 24 heavy (non-hydrogen) atoms. The number of benzene rings is 2. The monoisotopic (exact) mass is 325 g/mol. The maximum Gasteiger partial charge on any atom is 0.338 e. The van der Waals surface area contributed by atoms with E-state index in [2.05, 4.69) is 19.2 Å². The molecule has 0 radical (unpaired) electrons. The Kier molecular flexibility index (Phi) is 6.13. The molecule has 0 aliphatic rings. The van der Waals surface area contributed by atoms with Gasteiger partial charge in [0.2, 0.25) is 0 Å². The fraction of sp³-hybridized carbons (Fsp3) is 0.300. The fourth-order valence-corrected chi connectivity index (χ4v) is 2.35. The van der Waals surface area contributed by atoms with Gasteiger partial charge in [-0.15, -0.1) is 0 Å². The van der Waals surface area contributed by atoms with Gasteiger partial charge in [-0.2, -0.15) is 0 Å². The van der Waals surface area contributed by atoms with Crippen molar-refractivity contribution >= 4 is 17.6 Å². The highest BCUT2D eigenvalue weighted by Crippen LogP contribution is 2.26. The van der Waals surface area contributed by atoms with Crippen LogP contribution in [0.2, 0.25) is 0 Å². The molecule has 4 nitrogen and oxygen atoms in total. The minimum Gasteiger partial charge on any atom is -0.449 e. The van der Waals surface area contributed by atoms with Crippen LogP contribution in [0.1, 0.15) is 49.0 Å². The van der Waals surface area contributed by atoms with Crippen LogP contribution < -0.4 is 5.32 Å². The molecule has 0 saturated heterocycles. The summed E-state index contributed by atoms with van der Waals surface area (Å²) in [6.07, 6.45) is 0.105. The Balaban J connectivity index is 2.03. The molecule has 0 unspecified atom stereocenters. The molecule has 0 saturated carbocycles. The molecular weight excluding hydrogens is 302 g/mol. The number of nitrogens with one attached hydrogen (secondary N) is 1. The van der Waals surface area contributed by atoms with Crippen LogP contribution in [-0.4, -0.2) is 18.0 Å². The number of hydrogen-bond acceptors (Lipinski definition) is 3. The molecule has 2 rings (SSSR count). The number of esters is 1. The number of amides is 1. The van der Waals surface area contributed by atoms with E-state index in [0.29, 0.717) is 11.5 Å². The van der Waals surface area contributed by atoms with Crippen molar-refractivity contribution in [2.75, 3.05) is 5.32 Å². The molecule has 126 valence electrons. The second-order valence-electron chi connectivity index (χ2n) is 5.80. The molecule has 0 heterocycles. The molecule has 1 N–H and O–H groups in total. The average molecular weight is 325 g/mol. The Hall–Kier alpha value is -2.62. The van der Waals surface area contributed by atoms with Gasteiger partial charge in [0.25, 0.3) is 5.91 Å². The predicted octanol–water partition coefficient (Wildman–Crippen LogP) is 4.38. The first-order chi connectivity index (χ1) is 11.5. The van der Waals surface area contributed by atoms with Gasteiger partial charge in [0.1, 0.15) is 0 Å². The van der Waals surface area contributed by atoms with E-state index in [9.17, 15) is 9.59 Å². The van der Waals surface area contributed by atoms with Crippen molar-refractivity contribution in [3.63, 3.8) is 0 Å². The van der Waals surface area contributed by atoms with Gasteiger partial charge in [-0.05, 0) is 43.0 Å². The lowest BCUT2D eigenvalue weighted by molar-refractivity contribution is -0.123. The molecule has 1 amide bonds. The van der Waals surface area contributed by atoms with E-state index in [1.54, 1.807) is 31.2 Å². The topological polar surface area (TPSA) is 55.4 Å². The van der Waals surface area contributed by atoms with Gasteiger partial charge in [0.15, 0.2) is 6.10 Å².